The van der Waals surface area contributed by atoms with Crippen LogP contribution < -0.4 is 4.90 Å². The van der Waals surface area contributed by atoms with Gasteiger partial charge in [0.1, 0.15) is 0 Å². The molecule has 0 aliphatic rings. The van der Waals surface area contributed by atoms with Crippen LogP contribution in [0.3, 0.4) is 0 Å². The monoisotopic (exact) mass is 534 g/mol. The van der Waals surface area contributed by atoms with E-state index in [-0.39, 0.29) is 5.41 Å². The Labute approximate surface area is 242 Å². The molecule has 0 amide bonds. The first-order valence-corrected chi connectivity index (χ1v) is 14.0. The lowest BCUT2D eigenvalue weighted by Crippen LogP contribution is -2.13. The SMILES string of the molecule is Cc1ccc(N(c2ccc(-n3nc(-c4ccccc4)nc3-c3ccccc3)cc2)c2ccc(C(C)(C)C)cc2)cc1. The second kappa shape index (κ2) is 10.9. The summed E-state index contributed by atoms with van der Waals surface area (Å²) in [7, 11) is 0. The molecule has 0 saturated carbocycles. The number of rotatable bonds is 6. The predicted molar refractivity (Wildman–Crippen MR) is 170 cm³/mol. The van der Waals surface area contributed by atoms with Crippen molar-refractivity contribution in [3.05, 3.63) is 145 Å². The Bertz CT molecular complexity index is 1730. The van der Waals surface area contributed by atoms with Gasteiger partial charge in [0.2, 0.25) is 0 Å². The molecule has 5 aromatic carbocycles. The van der Waals surface area contributed by atoms with Crippen LogP contribution in [0, 0.1) is 6.92 Å². The molecule has 0 unspecified atom stereocenters. The summed E-state index contributed by atoms with van der Waals surface area (Å²) in [5.74, 6) is 1.51. The Morgan fingerprint density at radius 2 is 1.05 bits per heavy atom. The zero-order valence-electron chi connectivity index (χ0n) is 24.0. The number of nitrogens with zero attached hydrogens (tertiary/aromatic N) is 4. The van der Waals surface area contributed by atoms with Crippen molar-refractivity contribution in [2.24, 2.45) is 0 Å². The summed E-state index contributed by atoms with van der Waals surface area (Å²) in [6, 6.07) is 46.5. The largest absolute Gasteiger partial charge is 0.311 e. The van der Waals surface area contributed by atoms with E-state index in [1.54, 1.807) is 0 Å². The minimum atomic E-state index is 0.0989. The van der Waals surface area contributed by atoms with Crippen molar-refractivity contribution in [3.8, 4) is 28.5 Å². The van der Waals surface area contributed by atoms with E-state index in [0.717, 1.165) is 39.7 Å². The molecule has 0 saturated heterocycles. The quantitative estimate of drug-likeness (QED) is 0.213. The molecular weight excluding hydrogens is 500 g/mol. The van der Waals surface area contributed by atoms with Gasteiger partial charge in [-0.1, -0.05) is 111 Å². The van der Waals surface area contributed by atoms with Crippen LogP contribution >= 0.6 is 0 Å². The fraction of sp³-hybridized carbons (Fsp3) is 0.135. The zero-order valence-corrected chi connectivity index (χ0v) is 24.0. The highest BCUT2D eigenvalue weighted by atomic mass is 15.4. The number of hydrogen-bond acceptors (Lipinski definition) is 3. The molecule has 0 N–H and O–H groups in total. The van der Waals surface area contributed by atoms with E-state index >= 15 is 0 Å². The van der Waals surface area contributed by atoms with Crippen molar-refractivity contribution in [1.29, 1.82) is 0 Å². The normalized spacial score (nSPS) is 11.4. The molecule has 41 heavy (non-hydrogen) atoms. The van der Waals surface area contributed by atoms with Crippen LogP contribution in [-0.2, 0) is 5.41 Å². The van der Waals surface area contributed by atoms with Gasteiger partial charge in [-0.25, -0.2) is 9.67 Å². The number of anilines is 3. The molecular formula is C37H34N4. The number of benzene rings is 5. The summed E-state index contributed by atoms with van der Waals surface area (Å²) in [5, 5.41) is 4.95. The average molecular weight is 535 g/mol. The van der Waals surface area contributed by atoms with E-state index < -0.39 is 0 Å². The zero-order chi connectivity index (χ0) is 28.4. The van der Waals surface area contributed by atoms with E-state index in [2.05, 4.69) is 118 Å². The second-order valence-electron chi connectivity index (χ2n) is 11.4. The molecule has 0 atom stereocenters. The molecule has 6 rings (SSSR count). The van der Waals surface area contributed by atoms with E-state index in [1.807, 2.05) is 53.2 Å². The molecule has 4 heteroatoms. The fourth-order valence-corrected chi connectivity index (χ4v) is 4.97. The predicted octanol–water partition coefficient (Wildman–Crippen LogP) is 9.68. The Morgan fingerprint density at radius 1 is 0.561 bits per heavy atom. The van der Waals surface area contributed by atoms with Crippen molar-refractivity contribution in [1.82, 2.24) is 14.8 Å². The highest BCUT2D eigenvalue weighted by Crippen LogP contribution is 2.36. The highest BCUT2D eigenvalue weighted by molar-refractivity contribution is 5.77. The summed E-state index contributed by atoms with van der Waals surface area (Å²) < 4.78 is 1.94. The first-order chi connectivity index (χ1) is 19.9. The maximum Gasteiger partial charge on any atom is 0.182 e. The lowest BCUT2D eigenvalue weighted by atomic mass is 9.87. The maximum atomic E-state index is 4.96. The molecule has 1 aromatic heterocycles. The van der Waals surface area contributed by atoms with E-state index in [9.17, 15) is 0 Å². The van der Waals surface area contributed by atoms with E-state index in [1.165, 1.54) is 11.1 Å². The van der Waals surface area contributed by atoms with Crippen molar-refractivity contribution in [2.75, 3.05) is 4.90 Å². The third kappa shape index (κ3) is 5.55. The highest BCUT2D eigenvalue weighted by Gasteiger charge is 2.18. The number of aromatic nitrogens is 3. The molecule has 0 aliphatic heterocycles. The molecule has 202 valence electrons. The molecule has 6 aromatic rings. The number of hydrogen-bond donors (Lipinski definition) is 0. The molecule has 0 spiro atoms. The van der Waals surface area contributed by atoms with Crippen molar-refractivity contribution in [3.63, 3.8) is 0 Å². The average Bonchev–Trinajstić information content (AvgIpc) is 3.45. The van der Waals surface area contributed by atoms with Gasteiger partial charge >= 0.3 is 0 Å². The first kappa shape index (κ1) is 26.3. The van der Waals surface area contributed by atoms with Crippen LogP contribution in [0.2, 0.25) is 0 Å². The van der Waals surface area contributed by atoms with Crippen LogP contribution in [0.4, 0.5) is 17.1 Å². The van der Waals surface area contributed by atoms with Gasteiger partial charge < -0.3 is 4.90 Å². The van der Waals surface area contributed by atoms with E-state index in [0.29, 0.717) is 5.82 Å². The van der Waals surface area contributed by atoms with Crippen molar-refractivity contribution < 1.29 is 0 Å². The Morgan fingerprint density at radius 3 is 1.59 bits per heavy atom. The summed E-state index contributed by atoms with van der Waals surface area (Å²) >= 11 is 0. The van der Waals surface area contributed by atoms with Gasteiger partial charge in [0.15, 0.2) is 11.6 Å². The lowest BCUT2D eigenvalue weighted by molar-refractivity contribution is 0.590. The minimum absolute atomic E-state index is 0.0989. The van der Waals surface area contributed by atoms with Gasteiger partial charge in [0.05, 0.1) is 5.69 Å². The molecule has 0 radical (unpaired) electrons. The molecule has 4 nitrogen and oxygen atoms in total. The first-order valence-electron chi connectivity index (χ1n) is 14.0. The third-order valence-corrected chi connectivity index (χ3v) is 7.31. The van der Waals surface area contributed by atoms with Crippen LogP contribution in [0.5, 0.6) is 0 Å². The second-order valence-corrected chi connectivity index (χ2v) is 11.4. The summed E-state index contributed by atoms with van der Waals surface area (Å²) in [6.45, 7) is 8.85. The summed E-state index contributed by atoms with van der Waals surface area (Å²) in [6.07, 6.45) is 0. The van der Waals surface area contributed by atoms with Gasteiger partial charge in [-0.05, 0) is 66.4 Å². The summed E-state index contributed by atoms with van der Waals surface area (Å²) in [4.78, 5) is 7.25. The van der Waals surface area contributed by atoms with Crippen LogP contribution in [0.15, 0.2) is 133 Å². The Kier molecular flexibility index (Phi) is 6.98. The number of aryl methyl sites for hydroxylation is 1. The minimum Gasteiger partial charge on any atom is -0.311 e. The molecule has 0 bridgehead atoms. The molecule has 0 aliphatic carbocycles. The summed E-state index contributed by atoms with van der Waals surface area (Å²) in [5.41, 5.74) is 8.92. The van der Waals surface area contributed by atoms with Crippen LogP contribution in [0.25, 0.3) is 28.5 Å². The van der Waals surface area contributed by atoms with Crippen molar-refractivity contribution >= 4 is 17.1 Å². The van der Waals surface area contributed by atoms with Crippen molar-refractivity contribution in [2.45, 2.75) is 33.1 Å². The van der Waals surface area contributed by atoms with Crippen LogP contribution in [-0.4, -0.2) is 14.8 Å². The maximum absolute atomic E-state index is 4.96. The van der Waals surface area contributed by atoms with Crippen LogP contribution in [0.1, 0.15) is 31.9 Å². The smallest absolute Gasteiger partial charge is 0.182 e. The lowest BCUT2D eigenvalue weighted by Gasteiger charge is -2.27. The Balaban J connectivity index is 1.42. The van der Waals surface area contributed by atoms with Gasteiger partial charge in [0.25, 0.3) is 0 Å². The van der Waals surface area contributed by atoms with E-state index in [4.69, 9.17) is 10.1 Å². The fourth-order valence-electron chi connectivity index (χ4n) is 4.97. The van der Waals surface area contributed by atoms with Gasteiger partial charge in [-0.2, -0.15) is 0 Å². The molecule has 0 fully saturated rings. The Hall–Kier alpha value is -4.96. The van der Waals surface area contributed by atoms with Gasteiger partial charge in [0, 0.05) is 28.2 Å². The topological polar surface area (TPSA) is 34.0 Å². The third-order valence-electron chi connectivity index (χ3n) is 7.31. The van der Waals surface area contributed by atoms with Gasteiger partial charge in [-0.3, -0.25) is 0 Å². The standard InChI is InChI=1S/C37H34N4/c1-27-15-19-31(20-16-27)40(32-21-17-30(18-22-32)37(2,3)4)33-23-25-34(26-24-33)41-36(29-13-9-6-10-14-29)38-35(39-41)28-11-7-5-8-12-28/h5-26H,1-4H3. The molecule has 1 heterocycles. The van der Waals surface area contributed by atoms with Gasteiger partial charge in [-0.15, -0.1) is 5.10 Å².